The van der Waals surface area contributed by atoms with Gasteiger partial charge in [-0.05, 0) is 70.3 Å². The number of esters is 1. The van der Waals surface area contributed by atoms with Crippen molar-refractivity contribution in [2.24, 2.45) is 5.41 Å². The summed E-state index contributed by atoms with van der Waals surface area (Å²) in [6.07, 6.45) is 5.93. The molecule has 1 unspecified atom stereocenters. The summed E-state index contributed by atoms with van der Waals surface area (Å²) >= 11 is 6.36. The van der Waals surface area contributed by atoms with Gasteiger partial charge in [0.2, 0.25) is 0 Å². The van der Waals surface area contributed by atoms with Crippen molar-refractivity contribution >= 4 is 17.6 Å². The zero-order valence-corrected chi connectivity index (χ0v) is 17.5. The Kier molecular flexibility index (Phi) is 8.14. The SMILES string of the molecule is CC(C)(C)C(=O)OCCCCC(OC1([O-])CCCCC1)c1ccccc1Cl. The molecular formula is C22H32ClO4-. The molecule has 0 N–H and O–H groups in total. The summed E-state index contributed by atoms with van der Waals surface area (Å²) in [6, 6.07) is 7.55. The molecule has 0 saturated heterocycles. The molecule has 2 rings (SSSR count). The van der Waals surface area contributed by atoms with Crippen LogP contribution in [-0.2, 0) is 14.3 Å². The molecule has 152 valence electrons. The zero-order chi connectivity index (χ0) is 19.9. The highest BCUT2D eigenvalue weighted by Crippen LogP contribution is 2.36. The minimum absolute atomic E-state index is 0.192. The molecule has 1 atom stereocenters. The van der Waals surface area contributed by atoms with Crippen LogP contribution in [0.3, 0.4) is 0 Å². The minimum Gasteiger partial charge on any atom is -0.828 e. The van der Waals surface area contributed by atoms with Crippen LogP contribution >= 0.6 is 11.6 Å². The van der Waals surface area contributed by atoms with E-state index in [1.807, 2.05) is 45.0 Å². The molecule has 0 radical (unpaired) electrons. The van der Waals surface area contributed by atoms with Crippen molar-refractivity contribution in [3.63, 3.8) is 0 Å². The summed E-state index contributed by atoms with van der Waals surface area (Å²) in [5.74, 6) is -1.51. The molecule has 0 bridgehead atoms. The van der Waals surface area contributed by atoms with Gasteiger partial charge >= 0.3 is 5.97 Å². The van der Waals surface area contributed by atoms with Crippen LogP contribution in [0.15, 0.2) is 24.3 Å². The fourth-order valence-electron chi connectivity index (χ4n) is 3.29. The number of rotatable bonds is 8. The highest BCUT2D eigenvalue weighted by Gasteiger charge is 2.27. The molecule has 0 aliphatic heterocycles. The Morgan fingerprint density at radius 3 is 2.48 bits per heavy atom. The lowest BCUT2D eigenvalue weighted by atomic mass is 9.93. The van der Waals surface area contributed by atoms with Gasteiger partial charge in [-0.15, -0.1) is 0 Å². The molecule has 1 fully saturated rings. The monoisotopic (exact) mass is 395 g/mol. The van der Waals surface area contributed by atoms with Crippen molar-refractivity contribution in [1.82, 2.24) is 0 Å². The fraction of sp³-hybridized carbons (Fsp3) is 0.682. The molecule has 0 heterocycles. The Morgan fingerprint density at radius 1 is 1.19 bits per heavy atom. The van der Waals surface area contributed by atoms with Crippen LogP contribution in [0.1, 0.15) is 83.8 Å². The summed E-state index contributed by atoms with van der Waals surface area (Å²) < 4.78 is 11.4. The normalized spacial score (nSPS) is 18.1. The second-order valence-electron chi connectivity index (χ2n) is 8.48. The molecule has 1 aromatic rings. The summed E-state index contributed by atoms with van der Waals surface area (Å²) in [5, 5.41) is 13.6. The van der Waals surface area contributed by atoms with Crippen molar-refractivity contribution in [3.8, 4) is 0 Å². The van der Waals surface area contributed by atoms with Crippen LogP contribution in [0.5, 0.6) is 0 Å². The molecular weight excluding hydrogens is 364 g/mol. The molecule has 0 aromatic heterocycles. The average Bonchev–Trinajstić information content (AvgIpc) is 2.60. The third kappa shape index (κ3) is 7.10. The Bertz CT molecular complexity index is 603. The molecule has 1 aliphatic rings. The maximum atomic E-state index is 13.0. The lowest BCUT2D eigenvalue weighted by Crippen LogP contribution is -2.48. The second-order valence-corrected chi connectivity index (χ2v) is 8.89. The quantitative estimate of drug-likeness (QED) is 0.345. The Morgan fingerprint density at radius 2 is 1.85 bits per heavy atom. The average molecular weight is 396 g/mol. The van der Waals surface area contributed by atoms with Crippen molar-refractivity contribution in [2.75, 3.05) is 6.61 Å². The lowest BCUT2D eigenvalue weighted by Gasteiger charge is -2.46. The van der Waals surface area contributed by atoms with Gasteiger partial charge in [-0.25, -0.2) is 0 Å². The number of hydrogen-bond acceptors (Lipinski definition) is 4. The molecule has 4 nitrogen and oxygen atoms in total. The van der Waals surface area contributed by atoms with Gasteiger partial charge in [0.25, 0.3) is 0 Å². The summed E-state index contributed by atoms with van der Waals surface area (Å²) in [4.78, 5) is 11.8. The number of ether oxygens (including phenoxy) is 2. The number of halogens is 1. The standard InChI is InChI=1S/C22H32ClO4/c1-21(2,3)20(24)26-16-10-7-13-19(17-11-5-6-12-18(17)23)27-22(25)14-8-4-9-15-22/h5-6,11-12,19H,4,7-10,13-16H2,1-3H3/q-1. The van der Waals surface area contributed by atoms with E-state index in [0.717, 1.165) is 37.7 Å². The van der Waals surface area contributed by atoms with Crippen LogP contribution in [0, 0.1) is 5.41 Å². The summed E-state index contributed by atoms with van der Waals surface area (Å²) in [7, 11) is 0. The maximum absolute atomic E-state index is 13.0. The highest BCUT2D eigenvalue weighted by atomic mass is 35.5. The van der Waals surface area contributed by atoms with Gasteiger partial charge in [0.1, 0.15) is 0 Å². The van der Waals surface area contributed by atoms with Crippen LogP contribution in [0.2, 0.25) is 5.02 Å². The topological polar surface area (TPSA) is 58.6 Å². The van der Waals surface area contributed by atoms with Crippen LogP contribution in [0.25, 0.3) is 0 Å². The molecule has 0 spiro atoms. The zero-order valence-electron chi connectivity index (χ0n) is 16.8. The molecule has 0 amide bonds. The van der Waals surface area contributed by atoms with Gasteiger partial charge in [0.15, 0.2) is 0 Å². The van der Waals surface area contributed by atoms with Crippen molar-refractivity contribution < 1.29 is 19.4 Å². The molecule has 1 saturated carbocycles. The smallest absolute Gasteiger partial charge is 0.311 e. The molecule has 1 aliphatic carbocycles. The van der Waals surface area contributed by atoms with E-state index in [2.05, 4.69) is 0 Å². The first-order valence-electron chi connectivity index (χ1n) is 10.0. The van der Waals surface area contributed by atoms with E-state index in [0.29, 0.717) is 30.9 Å². The number of carbonyl (C=O) groups excluding carboxylic acids is 1. The summed E-state index contributed by atoms with van der Waals surface area (Å²) in [5.41, 5.74) is 0.380. The predicted octanol–water partition coefficient (Wildman–Crippen LogP) is 5.18. The predicted molar refractivity (Wildman–Crippen MR) is 105 cm³/mol. The van der Waals surface area contributed by atoms with Crippen LogP contribution in [-0.4, -0.2) is 18.4 Å². The second kappa shape index (κ2) is 9.90. The van der Waals surface area contributed by atoms with E-state index in [-0.39, 0.29) is 12.1 Å². The van der Waals surface area contributed by atoms with Gasteiger partial charge in [-0.1, -0.05) is 49.1 Å². The van der Waals surface area contributed by atoms with Gasteiger partial charge in [-0.2, -0.15) is 0 Å². The fourth-order valence-corrected chi connectivity index (χ4v) is 3.55. The van der Waals surface area contributed by atoms with Crippen molar-refractivity contribution in [1.29, 1.82) is 0 Å². The lowest BCUT2D eigenvalue weighted by molar-refractivity contribution is -0.569. The van der Waals surface area contributed by atoms with E-state index in [4.69, 9.17) is 21.1 Å². The maximum Gasteiger partial charge on any atom is 0.311 e. The molecule has 1 aromatic carbocycles. The van der Waals surface area contributed by atoms with E-state index in [1.54, 1.807) is 0 Å². The van der Waals surface area contributed by atoms with Gasteiger partial charge in [0, 0.05) is 5.02 Å². The van der Waals surface area contributed by atoms with E-state index in [1.165, 1.54) is 0 Å². The first-order valence-corrected chi connectivity index (χ1v) is 10.4. The van der Waals surface area contributed by atoms with Crippen molar-refractivity contribution in [3.05, 3.63) is 34.9 Å². The van der Waals surface area contributed by atoms with Crippen molar-refractivity contribution in [2.45, 2.75) is 84.0 Å². The van der Waals surface area contributed by atoms with Gasteiger partial charge in [-0.3, -0.25) is 4.79 Å². The van der Waals surface area contributed by atoms with Crippen LogP contribution in [0.4, 0.5) is 0 Å². The summed E-state index contributed by atoms with van der Waals surface area (Å²) in [6.45, 7) is 5.91. The van der Waals surface area contributed by atoms with Crippen LogP contribution < -0.4 is 5.11 Å². The first kappa shape index (κ1) is 22.2. The van der Waals surface area contributed by atoms with Gasteiger partial charge < -0.3 is 14.6 Å². The third-order valence-corrected chi connectivity index (χ3v) is 5.27. The van der Waals surface area contributed by atoms with E-state index >= 15 is 0 Å². The molecule has 5 heteroatoms. The minimum atomic E-state index is -1.32. The largest absolute Gasteiger partial charge is 0.828 e. The van der Waals surface area contributed by atoms with Gasteiger partial charge in [0.05, 0.1) is 18.1 Å². The molecule has 27 heavy (non-hydrogen) atoms. The highest BCUT2D eigenvalue weighted by molar-refractivity contribution is 6.31. The number of carbonyl (C=O) groups is 1. The first-order chi connectivity index (χ1) is 12.7. The number of benzene rings is 1. The third-order valence-electron chi connectivity index (χ3n) is 4.93. The Hall–Kier alpha value is -1.10. The Labute approximate surface area is 168 Å². The number of unbranched alkanes of at least 4 members (excludes halogenated alkanes) is 1. The number of hydrogen-bond donors (Lipinski definition) is 0. The van der Waals surface area contributed by atoms with E-state index < -0.39 is 11.2 Å². The Balaban J connectivity index is 1.93. The van der Waals surface area contributed by atoms with E-state index in [9.17, 15) is 9.90 Å².